The van der Waals surface area contributed by atoms with Crippen LogP contribution >= 0.6 is 11.3 Å². The number of thiophene rings is 1. The molecule has 0 bridgehead atoms. The third-order valence-corrected chi connectivity index (χ3v) is 5.89. The molecule has 31 heavy (non-hydrogen) atoms. The number of esters is 2. The minimum atomic E-state index is -0.585. The van der Waals surface area contributed by atoms with Gasteiger partial charge in [-0.25, -0.2) is 9.59 Å². The first-order valence-corrected chi connectivity index (χ1v) is 11.0. The van der Waals surface area contributed by atoms with Gasteiger partial charge in [0, 0.05) is 24.3 Å². The smallest absolute Gasteiger partial charge is 0.348 e. The predicted molar refractivity (Wildman–Crippen MR) is 119 cm³/mol. The number of nitrogens with zero attached hydrogens (tertiary/aromatic N) is 3. The zero-order valence-electron chi connectivity index (χ0n) is 18.9. The van der Waals surface area contributed by atoms with Crippen LogP contribution in [-0.4, -0.2) is 59.3 Å². The number of likely N-dealkylation sites (N-methyl/N-ethyl adjacent to an activating group) is 1. The van der Waals surface area contributed by atoms with E-state index in [1.54, 1.807) is 27.0 Å². The number of aryl methyl sites for hydroxylation is 1. The lowest BCUT2D eigenvalue weighted by molar-refractivity contribution is -0.117. The summed E-state index contributed by atoms with van der Waals surface area (Å²) in [5, 5.41) is 7.37. The van der Waals surface area contributed by atoms with Crippen LogP contribution in [0.4, 0.5) is 5.00 Å². The average molecular weight is 451 g/mol. The van der Waals surface area contributed by atoms with E-state index in [1.807, 2.05) is 30.5 Å². The molecule has 0 radical (unpaired) electrons. The summed E-state index contributed by atoms with van der Waals surface area (Å²) >= 11 is 1.02. The maximum Gasteiger partial charge on any atom is 0.348 e. The van der Waals surface area contributed by atoms with E-state index in [-0.39, 0.29) is 41.1 Å². The van der Waals surface area contributed by atoms with Crippen molar-refractivity contribution < 1.29 is 23.9 Å². The van der Waals surface area contributed by atoms with Gasteiger partial charge in [-0.15, -0.1) is 11.3 Å². The number of rotatable bonds is 10. The molecule has 2 heterocycles. The molecule has 2 aromatic rings. The van der Waals surface area contributed by atoms with Gasteiger partial charge < -0.3 is 14.8 Å². The molecule has 2 rings (SSSR count). The van der Waals surface area contributed by atoms with Gasteiger partial charge in [-0.05, 0) is 47.2 Å². The summed E-state index contributed by atoms with van der Waals surface area (Å²) < 4.78 is 12.1. The monoisotopic (exact) mass is 450 g/mol. The van der Waals surface area contributed by atoms with Crippen molar-refractivity contribution in [3.05, 3.63) is 33.5 Å². The van der Waals surface area contributed by atoms with Gasteiger partial charge in [-0.1, -0.05) is 0 Å². The fourth-order valence-corrected chi connectivity index (χ4v) is 4.26. The molecule has 1 N–H and O–H groups in total. The Balaban J connectivity index is 2.16. The maximum atomic E-state index is 12.7. The third-order valence-electron chi connectivity index (χ3n) is 4.70. The summed E-state index contributed by atoms with van der Waals surface area (Å²) in [4.78, 5) is 39.5. The van der Waals surface area contributed by atoms with E-state index in [1.165, 1.54) is 0 Å². The molecule has 0 aliphatic carbocycles. The molecular weight excluding hydrogens is 420 g/mol. The summed E-state index contributed by atoms with van der Waals surface area (Å²) in [6.45, 7) is 10.9. The molecule has 0 saturated carbocycles. The largest absolute Gasteiger partial charge is 0.462 e. The highest BCUT2D eigenvalue weighted by Crippen LogP contribution is 2.34. The Morgan fingerprint density at radius 1 is 1.13 bits per heavy atom. The van der Waals surface area contributed by atoms with Crippen molar-refractivity contribution >= 4 is 34.2 Å². The number of anilines is 1. The van der Waals surface area contributed by atoms with E-state index >= 15 is 0 Å². The highest BCUT2D eigenvalue weighted by Gasteiger charge is 2.27. The molecule has 0 saturated heterocycles. The highest BCUT2D eigenvalue weighted by molar-refractivity contribution is 7.18. The number of carbonyl (C=O) groups excluding carboxylic acids is 3. The Labute approximate surface area is 186 Å². The van der Waals surface area contributed by atoms with E-state index in [9.17, 15) is 14.4 Å². The second-order valence-electron chi connectivity index (χ2n) is 6.99. The second-order valence-corrected chi connectivity index (χ2v) is 8.01. The van der Waals surface area contributed by atoms with E-state index in [0.717, 1.165) is 29.1 Å². The third kappa shape index (κ3) is 5.92. The first kappa shape index (κ1) is 24.5. The van der Waals surface area contributed by atoms with Crippen LogP contribution in [0.3, 0.4) is 0 Å². The van der Waals surface area contributed by atoms with E-state index in [0.29, 0.717) is 12.1 Å². The minimum Gasteiger partial charge on any atom is -0.462 e. The zero-order chi connectivity index (χ0) is 23.1. The molecule has 2 aromatic heterocycles. The number of hydrogen-bond donors (Lipinski definition) is 1. The molecule has 0 unspecified atom stereocenters. The molecular formula is C21H30N4O5S. The molecule has 0 aliphatic heterocycles. The first-order valence-electron chi connectivity index (χ1n) is 10.2. The first-order chi connectivity index (χ1) is 14.7. The van der Waals surface area contributed by atoms with Crippen molar-refractivity contribution in [2.75, 3.05) is 32.1 Å². The topological polar surface area (TPSA) is 103 Å². The van der Waals surface area contributed by atoms with E-state index in [4.69, 9.17) is 9.47 Å². The molecule has 0 spiro atoms. The van der Waals surface area contributed by atoms with Gasteiger partial charge in [0.05, 0.1) is 31.5 Å². The lowest BCUT2D eigenvalue weighted by Gasteiger charge is -2.16. The number of hydrogen-bond acceptors (Lipinski definition) is 8. The Kier molecular flexibility index (Phi) is 8.76. The van der Waals surface area contributed by atoms with Crippen LogP contribution in [-0.2, 0) is 27.4 Å². The quantitative estimate of drug-likeness (QED) is 0.555. The summed E-state index contributed by atoms with van der Waals surface area (Å²) in [5.41, 5.74) is 2.73. The fourth-order valence-electron chi connectivity index (χ4n) is 3.16. The normalized spacial score (nSPS) is 10.9. The summed E-state index contributed by atoms with van der Waals surface area (Å²) in [6, 6.07) is 0. The molecule has 9 nitrogen and oxygen atoms in total. The van der Waals surface area contributed by atoms with Crippen LogP contribution < -0.4 is 5.32 Å². The zero-order valence-corrected chi connectivity index (χ0v) is 19.7. The molecule has 0 atom stereocenters. The van der Waals surface area contributed by atoms with Gasteiger partial charge >= 0.3 is 11.9 Å². The van der Waals surface area contributed by atoms with Crippen LogP contribution in [0.25, 0.3) is 0 Å². The Hall–Kier alpha value is -2.72. The Morgan fingerprint density at radius 2 is 1.77 bits per heavy atom. The second kappa shape index (κ2) is 11.1. The van der Waals surface area contributed by atoms with Crippen molar-refractivity contribution in [3.63, 3.8) is 0 Å². The molecule has 0 aromatic carbocycles. The lowest BCUT2D eigenvalue weighted by Crippen LogP contribution is -2.30. The number of carbonyl (C=O) groups is 3. The lowest BCUT2D eigenvalue weighted by atomic mass is 10.1. The highest BCUT2D eigenvalue weighted by atomic mass is 32.1. The van der Waals surface area contributed by atoms with Gasteiger partial charge in [0.2, 0.25) is 5.91 Å². The van der Waals surface area contributed by atoms with Gasteiger partial charge in [0.1, 0.15) is 9.88 Å². The predicted octanol–water partition coefficient (Wildman–Crippen LogP) is 3.01. The minimum absolute atomic E-state index is 0.102. The molecule has 1 amide bonds. The number of aromatic nitrogens is 2. The summed E-state index contributed by atoms with van der Waals surface area (Å²) in [7, 11) is 1.83. The fraction of sp³-hybridized carbons (Fsp3) is 0.524. The Bertz CT molecular complexity index is 950. The SMILES string of the molecule is CCOC(=O)c1sc(NC(=O)CN(C)Cc2cnn(CC)c2C)c(C(=O)OCC)c1C. The van der Waals surface area contributed by atoms with E-state index < -0.39 is 11.9 Å². The van der Waals surface area contributed by atoms with Crippen LogP contribution in [0.2, 0.25) is 0 Å². The van der Waals surface area contributed by atoms with Crippen molar-refractivity contribution in [1.82, 2.24) is 14.7 Å². The van der Waals surface area contributed by atoms with Crippen LogP contribution in [0.15, 0.2) is 6.20 Å². The summed E-state index contributed by atoms with van der Waals surface area (Å²) in [6.07, 6.45) is 1.81. The van der Waals surface area contributed by atoms with Crippen molar-refractivity contribution in [2.45, 2.75) is 47.7 Å². The van der Waals surface area contributed by atoms with Crippen LogP contribution in [0, 0.1) is 13.8 Å². The van der Waals surface area contributed by atoms with Gasteiger partial charge in [-0.3, -0.25) is 14.4 Å². The molecule has 10 heteroatoms. The van der Waals surface area contributed by atoms with Gasteiger partial charge in [0.15, 0.2) is 0 Å². The average Bonchev–Trinajstić information content (AvgIpc) is 3.21. The molecule has 0 aliphatic rings. The van der Waals surface area contributed by atoms with Crippen LogP contribution in [0.5, 0.6) is 0 Å². The van der Waals surface area contributed by atoms with Gasteiger partial charge in [0.25, 0.3) is 0 Å². The van der Waals surface area contributed by atoms with Gasteiger partial charge in [-0.2, -0.15) is 5.10 Å². The molecule has 0 fully saturated rings. The Morgan fingerprint density at radius 3 is 2.35 bits per heavy atom. The summed E-state index contributed by atoms with van der Waals surface area (Å²) in [5.74, 6) is -1.42. The van der Waals surface area contributed by atoms with Crippen molar-refractivity contribution in [3.8, 4) is 0 Å². The number of amides is 1. The number of nitrogens with one attached hydrogen (secondary N) is 1. The standard InChI is InChI=1S/C21H30N4O5S/c1-7-25-14(5)15(10-22-25)11-24(6)12-16(26)23-19-17(20(27)29-8-2)13(4)18(31-19)21(28)30-9-3/h10H,7-9,11-12H2,1-6H3,(H,23,26). The van der Waals surface area contributed by atoms with Crippen molar-refractivity contribution in [2.24, 2.45) is 0 Å². The number of ether oxygens (including phenoxy) is 2. The van der Waals surface area contributed by atoms with Crippen molar-refractivity contribution in [1.29, 1.82) is 0 Å². The molecule has 170 valence electrons. The van der Waals surface area contributed by atoms with Crippen LogP contribution in [0.1, 0.15) is 57.6 Å². The van der Waals surface area contributed by atoms with E-state index in [2.05, 4.69) is 10.4 Å². The maximum absolute atomic E-state index is 12.7.